The Morgan fingerprint density at radius 3 is 2.68 bits per heavy atom. The Morgan fingerprint density at radius 2 is 2.05 bits per heavy atom. The van der Waals surface area contributed by atoms with Gasteiger partial charge in [-0.25, -0.2) is 13.1 Å². The standard InChI is InChI=1S/C12H15Cl2NO3S/c13-9-4-5-10(14)12(6-9)19(17,18)15-7-8-2-1-3-11(8)16/h4-6,8,11,15-16H,1-3,7H2. The summed E-state index contributed by atoms with van der Waals surface area (Å²) in [5.74, 6) is -0.0345. The van der Waals surface area contributed by atoms with Gasteiger partial charge in [-0.05, 0) is 37.0 Å². The Hall–Kier alpha value is -0.330. The van der Waals surface area contributed by atoms with Crippen LogP contribution < -0.4 is 4.72 Å². The lowest BCUT2D eigenvalue weighted by atomic mass is 10.1. The minimum absolute atomic E-state index is 0.0332. The third kappa shape index (κ3) is 3.61. The van der Waals surface area contributed by atoms with Crippen molar-refractivity contribution in [1.82, 2.24) is 4.72 Å². The van der Waals surface area contributed by atoms with Gasteiger partial charge in [0.05, 0.1) is 11.1 Å². The average molecular weight is 324 g/mol. The summed E-state index contributed by atoms with van der Waals surface area (Å²) in [7, 11) is -3.70. The van der Waals surface area contributed by atoms with Gasteiger partial charge >= 0.3 is 0 Å². The number of aliphatic hydroxyl groups excluding tert-OH is 1. The summed E-state index contributed by atoms with van der Waals surface area (Å²) >= 11 is 11.7. The van der Waals surface area contributed by atoms with Crippen LogP contribution >= 0.6 is 23.2 Å². The average Bonchev–Trinajstić information content (AvgIpc) is 2.75. The second-order valence-electron chi connectivity index (χ2n) is 4.68. The minimum Gasteiger partial charge on any atom is -0.393 e. The van der Waals surface area contributed by atoms with Gasteiger partial charge in [-0.15, -0.1) is 0 Å². The molecule has 2 atom stereocenters. The molecule has 1 aromatic carbocycles. The number of rotatable bonds is 4. The van der Waals surface area contributed by atoms with E-state index in [1.54, 1.807) is 0 Å². The molecule has 1 fully saturated rings. The largest absolute Gasteiger partial charge is 0.393 e. The van der Waals surface area contributed by atoms with E-state index in [4.69, 9.17) is 23.2 Å². The van der Waals surface area contributed by atoms with Gasteiger partial charge in [-0.2, -0.15) is 0 Å². The van der Waals surface area contributed by atoms with E-state index in [0.29, 0.717) is 5.02 Å². The molecule has 0 aromatic heterocycles. The van der Waals surface area contributed by atoms with Crippen LogP contribution in [-0.2, 0) is 10.0 Å². The number of hydrogen-bond donors (Lipinski definition) is 2. The Morgan fingerprint density at radius 1 is 1.32 bits per heavy atom. The number of aliphatic hydroxyl groups is 1. The highest BCUT2D eigenvalue weighted by Crippen LogP contribution is 2.27. The van der Waals surface area contributed by atoms with Gasteiger partial charge < -0.3 is 5.11 Å². The molecule has 0 heterocycles. The van der Waals surface area contributed by atoms with Crippen molar-refractivity contribution in [3.63, 3.8) is 0 Å². The van der Waals surface area contributed by atoms with Gasteiger partial charge in [0.15, 0.2) is 0 Å². The fraction of sp³-hybridized carbons (Fsp3) is 0.500. The van der Waals surface area contributed by atoms with Gasteiger partial charge in [0.2, 0.25) is 10.0 Å². The Bertz CT molecular complexity index is 562. The zero-order valence-corrected chi connectivity index (χ0v) is 12.5. The fourth-order valence-corrected chi connectivity index (χ4v) is 4.09. The van der Waals surface area contributed by atoms with Gasteiger partial charge in [0, 0.05) is 11.6 Å². The molecule has 0 bridgehead atoms. The Kier molecular flexibility index (Phi) is 4.74. The van der Waals surface area contributed by atoms with Crippen molar-refractivity contribution >= 4 is 33.2 Å². The molecular weight excluding hydrogens is 309 g/mol. The van der Waals surface area contributed by atoms with E-state index in [-0.39, 0.29) is 22.4 Å². The number of hydrogen-bond acceptors (Lipinski definition) is 3. The molecule has 1 aromatic rings. The number of nitrogens with one attached hydrogen (secondary N) is 1. The molecule has 1 saturated carbocycles. The Labute approximate surface area is 122 Å². The molecule has 1 aliphatic carbocycles. The summed E-state index contributed by atoms with van der Waals surface area (Å²) in [6.45, 7) is 0.215. The summed E-state index contributed by atoms with van der Waals surface area (Å²) in [6, 6.07) is 4.30. The Balaban J connectivity index is 2.12. The highest BCUT2D eigenvalue weighted by molar-refractivity contribution is 7.89. The van der Waals surface area contributed by atoms with E-state index in [2.05, 4.69) is 4.72 Å². The van der Waals surface area contributed by atoms with Crippen LogP contribution in [-0.4, -0.2) is 26.2 Å². The molecule has 0 spiro atoms. The quantitative estimate of drug-likeness (QED) is 0.894. The molecule has 4 nitrogen and oxygen atoms in total. The first-order chi connectivity index (χ1) is 8.90. The molecule has 7 heteroatoms. The molecule has 2 rings (SSSR count). The number of sulfonamides is 1. The maximum absolute atomic E-state index is 12.1. The predicted molar refractivity (Wildman–Crippen MR) is 75.0 cm³/mol. The summed E-state index contributed by atoms with van der Waals surface area (Å²) in [6.07, 6.45) is 2.04. The van der Waals surface area contributed by atoms with Crippen LogP contribution in [0.3, 0.4) is 0 Å². The van der Waals surface area contributed by atoms with Crippen molar-refractivity contribution in [3.8, 4) is 0 Å². The van der Waals surface area contributed by atoms with Crippen molar-refractivity contribution in [2.45, 2.75) is 30.3 Å². The maximum atomic E-state index is 12.1. The summed E-state index contributed by atoms with van der Waals surface area (Å²) < 4.78 is 26.8. The summed E-state index contributed by atoms with van der Waals surface area (Å²) in [5.41, 5.74) is 0. The summed E-state index contributed by atoms with van der Waals surface area (Å²) in [5, 5.41) is 10.1. The van der Waals surface area contributed by atoms with Gasteiger partial charge in [0.25, 0.3) is 0 Å². The highest BCUT2D eigenvalue weighted by atomic mass is 35.5. The fourth-order valence-electron chi connectivity index (χ4n) is 2.23. The topological polar surface area (TPSA) is 66.4 Å². The third-order valence-corrected chi connectivity index (χ3v) is 5.48. The minimum atomic E-state index is -3.70. The molecule has 106 valence electrons. The van der Waals surface area contributed by atoms with E-state index < -0.39 is 16.1 Å². The molecule has 1 aliphatic rings. The third-order valence-electron chi connectivity index (χ3n) is 3.34. The second-order valence-corrected chi connectivity index (χ2v) is 7.26. The van der Waals surface area contributed by atoms with Crippen LogP contribution in [0.4, 0.5) is 0 Å². The van der Waals surface area contributed by atoms with E-state index in [0.717, 1.165) is 19.3 Å². The lowest BCUT2D eigenvalue weighted by Crippen LogP contribution is -2.32. The van der Waals surface area contributed by atoms with E-state index in [1.807, 2.05) is 0 Å². The first kappa shape index (κ1) is 15.1. The number of benzene rings is 1. The lowest BCUT2D eigenvalue weighted by molar-refractivity contribution is 0.134. The zero-order valence-electron chi connectivity index (χ0n) is 10.1. The SMILES string of the molecule is O=S(=O)(NCC1CCCC1O)c1cc(Cl)ccc1Cl. The monoisotopic (exact) mass is 323 g/mol. The molecule has 0 amide bonds. The molecule has 2 unspecified atom stereocenters. The summed E-state index contributed by atoms with van der Waals surface area (Å²) in [4.78, 5) is -0.0332. The van der Waals surface area contributed by atoms with E-state index in [1.165, 1.54) is 18.2 Å². The van der Waals surface area contributed by atoms with E-state index >= 15 is 0 Å². The number of halogens is 2. The van der Waals surface area contributed by atoms with E-state index in [9.17, 15) is 13.5 Å². The zero-order chi connectivity index (χ0) is 14.0. The van der Waals surface area contributed by atoms with Crippen LogP contribution in [0.1, 0.15) is 19.3 Å². The molecule has 19 heavy (non-hydrogen) atoms. The van der Waals surface area contributed by atoms with Crippen LogP contribution in [0.2, 0.25) is 10.0 Å². The second kappa shape index (κ2) is 5.97. The van der Waals surface area contributed by atoms with Crippen molar-refractivity contribution in [1.29, 1.82) is 0 Å². The molecule has 0 aliphatic heterocycles. The van der Waals surface area contributed by atoms with Crippen molar-refractivity contribution < 1.29 is 13.5 Å². The smallest absolute Gasteiger partial charge is 0.242 e. The maximum Gasteiger partial charge on any atom is 0.242 e. The normalized spacial score (nSPS) is 23.7. The first-order valence-corrected chi connectivity index (χ1v) is 8.27. The molecular formula is C12H15Cl2NO3S. The molecule has 0 saturated heterocycles. The molecule has 0 radical (unpaired) electrons. The van der Waals surface area contributed by atoms with Crippen molar-refractivity contribution in [2.75, 3.05) is 6.54 Å². The lowest BCUT2D eigenvalue weighted by Gasteiger charge is -2.15. The van der Waals surface area contributed by atoms with Crippen LogP contribution in [0.5, 0.6) is 0 Å². The van der Waals surface area contributed by atoms with Gasteiger partial charge in [0.1, 0.15) is 4.90 Å². The van der Waals surface area contributed by atoms with Gasteiger partial charge in [-0.1, -0.05) is 29.6 Å². The molecule has 2 N–H and O–H groups in total. The first-order valence-electron chi connectivity index (χ1n) is 6.03. The highest BCUT2D eigenvalue weighted by Gasteiger charge is 2.27. The van der Waals surface area contributed by atoms with Crippen molar-refractivity contribution in [2.24, 2.45) is 5.92 Å². The predicted octanol–water partition coefficient (Wildman–Crippen LogP) is 2.43. The van der Waals surface area contributed by atoms with Gasteiger partial charge in [-0.3, -0.25) is 0 Å². The van der Waals surface area contributed by atoms with Crippen LogP contribution in [0, 0.1) is 5.92 Å². The van der Waals surface area contributed by atoms with Crippen molar-refractivity contribution in [3.05, 3.63) is 28.2 Å². The van der Waals surface area contributed by atoms with Crippen LogP contribution in [0.25, 0.3) is 0 Å². The van der Waals surface area contributed by atoms with Crippen LogP contribution in [0.15, 0.2) is 23.1 Å².